The Morgan fingerprint density at radius 2 is 2.24 bits per heavy atom. The molecule has 5 heteroatoms. The van der Waals surface area contributed by atoms with Crippen LogP contribution in [0.5, 0.6) is 0 Å². The van der Waals surface area contributed by atoms with Crippen LogP contribution in [0.25, 0.3) is 0 Å². The standard InChI is InChI=1S/C12H14N4O/c1-8-15-12(16-17-8)11-7-14-6-10(11)9-3-2-4-13-5-9/h2-5,10-11,14H,6-7H2,1H3/t10-,11-/m0/s1. The van der Waals surface area contributed by atoms with Crippen LogP contribution in [0.1, 0.15) is 29.1 Å². The van der Waals surface area contributed by atoms with E-state index >= 15 is 0 Å². The van der Waals surface area contributed by atoms with Crippen LogP contribution >= 0.6 is 0 Å². The van der Waals surface area contributed by atoms with E-state index in [4.69, 9.17) is 4.52 Å². The molecule has 1 saturated heterocycles. The van der Waals surface area contributed by atoms with Crippen molar-refractivity contribution < 1.29 is 4.52 Å². The number of nitrogens with one attached hydrogen (secondary N) is 1. The van der Waals surface area contributed by atoms with Gasteiger partial charge in [-0.2, -0.15) is 4.98 Å². The minimum absolute atomic E-state index is 0.275. The molecule has 2 aromatic rings. The summed E-state index contributed by atoms with van der Waals surface area (Å²) < 4.78 is 5.06. The van der Waals surface area contributed by atoms with Gasteiger partial charge in [0.25, 0.3) is 0 Å². The van der Waals surface area contributed by atoms with Crippen molar-refractivity contribution in [2.24, 2.45) is 0 Å². The van der Waals surface area contributed by atoms with Crippen molar-refractivity contribution in [1.82, 2.24) is 20.4 Å². The Bertz CT molecular complexity index is 496. The van der Waals surface area contributed by atoms with Crippen molar-refractivity contribution in [2.75, 3.05) is 13.1 Å². The molecule has 1 fully saturated rings. The summed E-state index contributed by atoms with van der Waals surface area (Å²) in [5, 5.41) is 7.41. The van der Waals surface area contributed by atoms with E-state index in [9.17, 15) is 0 Å². The zero-order valence-electron chi connectivity index (χ0n) is 9.63. The van der Waals surface area contributed by atoms with Gasteiger partial charge in [0.15, 0.2) is 5.82 Å². The molecule has 0 spiro atoms. The Hall–Kier alpha value is -1.75. The van der Waals surface area contributed by atoms with Crippen LogP contribution in [-0.4, -0.2) is 28.2 Å². The van der Waals surface area contributed by atoms with E-state index in [2.05, 4.69) is 26.5 Å². The van der Waals surface area contributed by atoms with Crippen LogP contribution in [0.2, 0.25) is 0 Å². The highest BCUT2D eigenvalue weighted by Crippen LogP contribution is 2.33. The average Bonchev–Trinajstić information content (AvgIpc) is 2.98. The summed E-state index contributed by atoms with van der Waals surface area (Å²) in [7, 11) is 0. The van der Waals surface area contributed by atoms with Crippen LogP contribution in [0.4, 0.5) is 0 Å². The molecule has 0 bridgehead atoms. The van der Waals surface area contributed by atoms with E-state index in [1.54, 1.807) is 6.20 Å². The van der Waals surface area contributed by atoms with Crippen LogP contribution in [0.3, 0.4) is 0 Å². The number of aromatic nitrogens is 3. The van der Waals surface area contributed by atoms with Gasteiger partial charge in [-0.05, 0) is 11.6 Å². The van der Waals surface area contributed by atoms with Crippen LogP contribution in [0, 0.1) is 6.92 Å². The highest BCUT2D eigenvalue weighted by Gasteiger charge is 2.33. The molecule has 0 saturated carbocycles. The van der Waals surface area contributed by atoms with Gasteiger partial charge in [-0.1, -0.05) is 11.2 Å². The lowest BCUT2D eigenvalue weighted by Crippen LogP contribution is -2.10. The van der Waals surface area contributed by atoms with E-state index < -0.39 is 0 Å². The molecule has 0 radical (unpaired) electrons. The molecule has 3 rings (SSSR count). The maximum absolute atomic E-state index is 5.06. The summed E-state index contributed by atoms with van der Waals surface area (Å²) in [5.41, 5.74) is 1.23. The monoisotopic (exact) mass is 230 g/mol. The van der Waals surface area contributed by atoms with Crippen molar-refractivity contribution in [3.63, 3.8) is 0 Å². The molecule has 5 nitrogen and oxygen atoms in total. The zero-order valence-corrected chi connectivity index (χ0v) is 9.63. The summed E-state index contributed by atoms with van der Waals surface area (Å²) >= 11 is 0. The number of hydrogen-bond acceptors (Lipinski definition) is 5. The van der Waals surface area contributed by atoms with E-state index in [-0.39, 0.29) is 5.92 Å². The first-order valence-electron chi connectivity index (χ1n) is 5.75. The minimum atomic E-state index is 0.275. The van der Waals surface area contributed by atoms with Crippen molar-refractivity contribution in [3.05, 3.63) is 41.8 Å². The summed E-state index contributed by atoms with van der Waals surface area (Å²) in [4.78, 5) is 8.50. The minimum Gasteiger partial charge on any atom is -0.340 e. The third-order valence-electron chi connectivity index (χ3n) is 3.20. The lowest BCUT2D eigenvalue weighted by molar-refractivity contribution is 0.382. The highest BCUT2D eigenvalue weighted by atomic mass is 16.5. The largest absolute Gasteiger partial charge is 0.340 e. The maximum Gasteiger partial charge on any atom is 0.223 e. The Morgan fingerprint density at radius 3 is 2.94 bits per heavy atom. The Morgan fingerprint density at radius 1 is 1.35 bits per heavy atom. The van der Waals surface area contributed by atoms with Gasteiger partial charge >= 0.3 is 0 Å². The Labute approximate surface area is 99.3 Å². The molecule has 0 aliphatic carbocycles. The van der Waals surface area contributed by atoms with Crippen LogP contribution < -0.4 is 5.32 Å². The van der Waals surface area contributed by atoms with Gasteiger partial charge in [0.1, 0.15) is 0 Å². The number of rotatable bonds is 2. The molecule has 0 unspecified atom stereocenters. The lowest BCUT2D eigenvalue weighted by atomic mass is 9.89. The van der Waals surface area contributed by atoms with Crippen molar-refractivity contribution >= 4 is 0 Å². The van der Waals surface area contributed by atoms with Gasteiger partial charge in [-0.15, -0.1) is 0 Å². The van der Waals surface area contributed by atoms with Gasteiger partial charge in [-0.25, -0.2) is 0 Å². The second kappa shape index (κ2) is 4.25. The van der Waals surface area contributed by atoms with Crippen molar-refractivity contribution in [2.45, 2.75) is 18.8 Å². The topological polar surface area (TPSA) is 63.8 Å². The van der Waals surface area contributed by atoms with Crippen LogP contribution in [-0.2, 0) is 0 Å². The summed E-state index contributed by atoms with van der Waals surface area (Å²) in [6, 6.07) is 4.07. The number of aryl methyl sites for hydroxylation is 1. The van der Waals surface area contributed by atoms with Gasteiger partial charge in [-0.3, -0.25) is 4.98 Å². The summed E-state index contributed by atoms with van der Waals surface area (Å²) in [5.74, 6) is 2.07. The van der Waals surface area contributed by atoms with Crippen molar-refractivity contribution in [3.8, 4) is 0 Å². The predicted octanol–water partition coefficient (Wildman–Crippen LogP) is 1.24. The zero-order chi connectivity index (χ0) is 11.7. The molecule has 88 valence electrons. The molecule has 1 N–H and O–H groups in total. The van der Waals surface area contributed by atoms with Crippen molar-refractivity contribution in [1.29, 1.82) is 0 Å². The molecule has 3 heterocycles. The quantitative estimate of drug-likeness (QED) is 0.841. The average molecular weight is 230 g/mol. The number of pyridine rings is 1. The molecule has 0 amide bonds. The number of hydrogen-bond donors (Lipinski definition) is 1. The van der Waals surface area contributed by atoms with E-state index in [1.807, 2.05) is 19.2 Å². The summed E-state index contributed by atoms with van der Waals surface area (Å²) in [6.07, 6.45) is 3.71. The third kappa shape index (κ3) is 1.93. The molecule has 1 aliphatic heterocycles. The number of nitrogens with zero attached hydrogens (tertiary/aromatic N) is 3. The fraction of sp³-hybridized carbons (Fsp3) is 0.417. The molecule has 2 aromatic heterocycles. The second-order valence-electron chi connectivity index (χ2n) is 4.33. The Balaban J connectivity index is 1.90. The third-order valence-corrected chi connectivity index (χ3v) is 3.20. The molecule has 2 atom stereocenters. The van der Waals surface area contributed by atoms with Crippen LogP contribution in [0.15, 0.2) is 29.0 Å². The maximum atomic E-state index is 5.06. The van der Waals surface area contributed by atoms with Gasteiger partial charge in [0.2, 0.25) is 5.89 Å². The molecular formula is C12H14N4O. The first-order chi connectivity index (χ1) is 8.34. The fourth-order valence-corrected chi connectivity index (χ4v) is 2.36. The Kier molecular flexibility index (Phi) is 2.60. The van der Waals surface area contributed by atoms with Gasteiger partial charge in [0.05, 0.1) is 0 Å². The van der Waals surface area contributed by atoms with Gasteiger partial charge in [0, 0.05) is 44.2 Å². The van der Waals surface area contributed by atoms with E-state index in [1.165, 1.54) is 5.56 Å². The lowest BCUT2D eigenvalue weighted by Gasteiger charge is -2.14. The summed E-state index contributed by atoms with van der Waals surface area (Å²) in [6.45, 7) is 3.64. The second-order valence-corrected chi connectivity index (χ2v) is 4.33. The highest BCUT2D eigenvalue weighted by molar-refractivity contribution is 5.23. The normalized spacial score (nSPS) is 24.1. The predicted molar refractivity (Wildman–Crippen MR) is 61.6 cm³/mol. The smallest absolute Gasteiger partial charge is 0.223 e. The fourth-order valence-electron chi connectivity index (χ4n) is 2.36. The van der Waals surface area contributed by atoms with Gasteiger partial charge < -0.3 is 9.84 Å². The molecule has 17 heavy (non-hydrogen) atoms. The molecular weight excluding hydrogens is 216 g/mol. The SMILES string of the molecule is Cc1nc([C@H]2CNC[C@H]2c2cccnc2)no1. The first-order valence-corrected chi connectivity index (χ1v) is 5.75. The van der Waals surface area contributed by atoms with E-state index in [0.717, 1.165) is 18.9 Å². The molecule has 0 aromatic carbocycles. The molecule has 1 aliphatic rings. The first kappa shape index (κ1) is 10.4. The van der Waals surface area contributed by atoms with E-state index in [0.29, 0.717) is 11.8 Å².